The van der Waals surface area contributed by atoms with Crippen LogP contribution in [0.1, 0.15) is 40.3 Å². The number of anilines is 1. The number of aromatic nitrogens is 1. The first-order valence-electron chi connectivity index (χ1n) is 6.26. The van der Waals surface area contributed by atoms with Gasteiger partial charge in [0.15, 0.2) is 5.13 Å². The molecule has 0 spiro atoms. The van der Waals surface area contributed by atoms with Gasteiger partial charge >= 0.3 is 5.97 Å². The maximum Gasteiger partial charge on any atom is 0.310 e. The normalized spacial score (nSPS) is 12.2. The van der Waals surface area contributed by atoms with Crippen molar-refractivity contribution in [1.29, 1.82) is 0 Å². The molecular weight excluding hydrogens is 278 g/mol. The molecule has 0 fully saturated rings. The van der Waals surface area contributed by atoms with Crippen LogP contribution in [0.3, 0.4) is 0 Å². The van der Waals surface area contributed by atoms with E-state index in [2.05, 4.69) is 15.6 Å². The smallest absolute Gasteiger partial charge is 0.310 e. The van der Waals surface area contributed by atoms with Gasteiger partial charge in [0, 0.05) is 24.4 Å². The zero-order chi connectivity index (χ0) is 15.6. The summed E-state index contributed by atoms with van der Waals surface area (Å²) in [5.74, 6) is -1.02. The summed E-state index contributed by atoms with van der Waals surface area (Å²) in [6.45, 7) is 8.94. The van der Waals surface area contributed by atoms with Crippen molar-refractivity contribution in [3.63, 3.8) is 0 Å². The molecule has 6 nitrogen and oxygen atoms in total. The van der Waals surface area contributed by atoms with E-state index >= 15 is 0 Å². The molecule has 0 aliphatic heterocycles. The Morgan fingerprint density at radius 2 is 1.95 bits per heavy atom. The van der Waals surface area contributed by atoms with Crippen LogP contribution in [-0.4, -0.2) is 27.5 Å². The first kappa shape index (κ1) is 16.6. The van der Waals surface area contributed by atoms with Crippen molar-refractivity contribution in [2.24, 2.45) is 5.41 Å². The van der Waals surface area contributed by atoms with Crippen molar-refractivity contribution in [2.45, 2.75) is 46.7 Å². The third-order valence-corrected chi connectivity index (χ3v) is 4.45. The predicted molar refractivity (Wildman–Crippen MR) is 78.8 cm³/mol. The number of carboxylic acids is 1. The summed E-state index contributed by atoms with van der Waals surface area (Å²) in [5, 5.41) is 17.5. The fourth-order valence-electron chi connectivity index (χ4n) is 1.40. The van der Waals surface area contributed by atoms with Crippen molar-refractivity contribution in [2.75, 3.05) is 5.32 Å². The van der Waals surface area contributed by atoms with Crippen LogP contribution in [0.2, 0.25) is 0 Å². The second kappa shape index (κ2) is 5.88. The van der Waals surface area contributed by atoms with E-state index in [1.807, 2.05) is 19.2 Å². The van der Waals surface area contributed by atoms with Crippen molar-refractivity contribution < 1.29 is 14.7 Å². The number of rotatable bonds is 6. The Morgan fingerprint density at radius 3 is 2.45 bits per heavy atom. The summed E-state index contributed by atoms with van der Waals surface area (Å²) < 4.78 is 0. The third-order valence-electron chi connectivity index (χ3n) is 3.64. The van der Waals surface area contributed by atoms with Gasteiger partial charge in [0.05, 0.1) is 11.1 Å². The highest BCUT2D eigenvalue weighted by atomic mass is 32.1. The zero-order valence-electron chi connectivity index (χ0n) is 12.4. The van der Waals surface area contributed by atoms with E-state index < -0.39 is 16.9 Å². The lowest BCUT2D eigenvalue weighted by molar-refractivity contribution is -0.151. The number of carbonyl (C=O) groups is 2. The fraction of sp³-hybridized carbons (Fsp3) is 0.615. The van der Waals surface area contributed by atoms with Crippen LogP contribution in [0.25, 0.3) is 0 Å². The second-order valence-corrected chi connectivity index (χ2v) is 6.59. The lowest BCUT2D eigenvalue weighted by atomic mass is 9.74. The van der Waals surface area contributed by atoms with E-state index in [0.29, 0.717) is 11.7 Å². The van der Waals surface area contributed by atoms with Crippen LogP contribution >= 0.6 is 11.3 Å². The molecule has 0 atom stereocenters. The van der Waals surface area contributed by atoms with E-state index in [-0.39, 0.29) is 5.91 Å². The number of nitrogens with zero attached hydrogens (tertiary/aromatic N) is 1. The van der Waals surface area contributed by atoms with Crippen LogP contribution in [0.4, 0.5) is 5.13 Å². The molecule has 1 amide bonds. The SMILES string of the molecule is CC(=O)Nc1nc(CNC(C)(C)C(C)(C)C(=O)O)cs1. The molecule has 112 valence electrons. The Morgan fingerprint density at radius 1 is 1.35 bits per heavy atom. The molecule has 0 saturated heterocycles. The average molecular weight is 299 g/mol. The topological polar surface area (TPSA) is 91.3 Å². The van der Waals surface area contributed by atoms with Gasteiger partial charge in [-0.15, -0.1) is 11.3 Å². The quantitative estimate of drug-likeness (QED) is 0.748. The maximum atomic E-state index is 11.3. The molecule has 0 aromatic carbocycles. The van der Waals surface area contributed by atoms with E-state index in [0.717, 1.165) is 5.69 Å². The van der Waals surface area contributed by atoms with Crippen LogP contribution in [0.15, 0.2) is 5.38 Å². The van der Waals surface area contributed by atoms with Crippen LogP contribution < -0.4 is 10.6 Å². The molecule has 1 heterocycles. The number of nitrogens with one attached hydrogen (secondary N) is 2. The van der Waals surface area contributed by atoms with Gasteiger partial charge in [-0.1, -0.05) is 0 Å². The van der Waals surface area contributed by atoms with Gasteiger partial charge in [-0.25, -0.2) is 4.98 Å². The van der Waals surface area contributed by atoms with Gasteiger partial charge in [-0.05, 0) is 27.7 Å². The lowest BCUT2D eigenvalue weighted by Gasteiger charge is -2.38. The highest BCUT2D eigenvalue weighted by molar-refractivity contribution is 7.13. The summed E-state index contributed by atoms with van der Waals surface area (Å²) in [5.41, 5.74) is -0.742. The maximum absolute atomic E-state index is 11.3. The summed E-state index contributed by atoms with van der Waals surface area (Å²) in [6, 6.07) is 0. The van der Waals surface area contributed by atoms with Crippen LogP contribution in [0.5, 0.6) is 0 Å². The van der Waals surface area contributed by atoms with Crippen molar-refractivity contribution in [1.82, 2.24) is 10.3 Å². The third kappa shape index (κ3) is 3.77. The molecule has 1 aromatic heterocycles. The molecule has 0 saturated carbocycles. The van der Waals surface area contributed by atoms with Crippen molar-refractivity contribution in [3.05, 3.63) is 11.1 Å². The van der Waals surface area contributed by atoms with Gasteiger partial charge in [0.1, 0.15) is 0 Å². The molecular formula is C13H21N3O3S. The van der Waals surface area contributed by atoms with E-state index in [4.69, 9.17) is 0 Å². The van der Waals surface area contributed by atoms with Gasteiger partial charge in [0.25, 0.3) is 0 Å². The molecule has 0 aliphatic rings. The minimum absolute atomic E-state index is 0.161. The molecule has 0 aliphatic carbocycles. The first-order valence-corrected chi connectivity index (χ1v) is 7.14. The molecule has 3 N–H and O–H groups in total. The summed E-state index contributed by atoms with van der Waals surface area (Å²) in [4.78, 5) is 26.5. The van der Waals surface area contributed by atoms with E-state index in [9.17, 15) is 14.7 Å². The first-order chi connectivity index (χ1) is 9.06. The fourth-order valence-corrected chi connectivity index (χ4v) is 2.15. The zero-order valence-corrected chi connectivity index (χ0v) is 13.2. The number of hydrogen-bond donors (Lipinski definition) is 3. The Hall–Kier alpha value is -1.47. The van der Waals surface area contributed by atoms with E-state index in [1.54, 1.807) is 13.8 Å². The molecule has 0 radical (unpaired) electrons. The molecule has 7 heteroatoms. The lowest BCUT2D eigenvalue weighted by Crippen LogP contribution is -2.54. The average Bonchev–Trinajstić information content (AvgIpc) is 2.73. The highest BCUT2D eigenvalue weighted by Gasteiger charge is 2.43. The number of carboxylic acid groups (broad SMARTS) is 1. The monoisotopic (exact) mass is 299 g/mol. The second-order valence-electron chi connectivity index (χ2n) is 5.73. The highest BCUT2D eigenvalue weighted by Crippen LogP contribution is 2.31. The molecule has 1 rings (SSSR count). The Bertz CT molecular complexity index is 509. The largest absolute Gasteiger partial charge is 0.481 e. The number of aliphatic carboxylic acids is 1. The Labute approximate surface area is 122 Å². The molecule has 0 bridgehead atoms. The number of thiazole rings is 1. The summed E-state index contributed by atoms with van der Waals surface area (Å²) >= 11 is 1.34. The molecule has 20 heavy (non-hydrogen) atoms. The standard InChI is InChI=1S/C13H21N3O3S/c1-8(17)15-11-16-9(7-20-11)6-14-13(4,5)12(2,3)10(18)19/h7,14H,6H2,1-5H3,(H,18,19)(H,15,16,17). The predicted octanol–water partition coefficient (Wildman–Crippen LogP) is 2.08. The Balaban J connectivity index is 2.69. The minimum atomic E-state index is -0.913. The summed E-state index contributed by atoms with van der Waals surface area (Å²) in [7, 11) is 0. The number of carbonyl (C=O) groups excluding carboxylic acids is 1. The van der Waals surface area contributed by atoms with Crippen LogP contribution in [-0.2, 0) is 16.1 Å². The minimum Gasteiger partial charge on any atom is -0.481 e. The van der Waals surface area contributed by atoms with Crippen molar-refractivity contribution >= 4 is 28.3 Å². The Kier molecular flexibility index (Phi) is 4.88. The number of amides is 1. The van der Waals surface area contributed by atoms with Gasteiger partial charge in [-0.3, -0.25) is 9.59 Å². The number of hydrogen-bond acceptors (Lipinski definition) is 5. The van der Waals surface area contributed by atoms with Gasteiger partial charge in [0.2, 0.25) is 5.91 Å². The summed E-state index contributed by atoms with van der Waals surface area (Å²) in [6.07, 6.45) is 0. The van der Waals surface area contributed by atoms with Crippen LogP contribution in [0, 0.1) is 5.41 Å². The molecule has 1 aromatic rings. The van der Waals surface area contributed by atoms with Crippen molar-refractivity contribution in [3.8, 4) is 0 Å². The van der Waals surface area contributed by atoms with Gasteiger partial charge < -0.3 is 15.7 Å². The van der Waals surface area contributed by atoms with Gasteiger partial charge in [-0.2, -0.15) is 0 Å². The molecule has 0 unspecified atom stereocenters. The van der Waals surface area contributed by atoms with E-state index in [1.165, 1.54) is 18.3 Å².